The molecule has 0 bridgehead atoms. The molecule has 0 atom stereocenters. The van der Waals surface area contributed by atoms with E-state index in [1.165, 1.54) is 0 Å². The fourth-order valence-corrected chi connectivity index (χ4v) is 3.63. The van der Waals surface area contributed by atoms with Crippen LogP contribution in [0.15, 0.2) is 39.3 Å². The summed E-state index contributed by atoms with van der Waals surface area (Å²) in [4.78, 5) is 11.9. The number of ether oxygens (including phenoxy) is 1. The van der Waals surface area contributed by atoms with Crippen LogP contribution in [0.25, 0.3) is 0 Å². The lowest BCUT2D eigenvalue weighted by Crippen LogP contribution is -2.34. The van der Waals surface area contributed by atoms with Crippen LogP contribution in [0.1, 0.15) is 15.9 Å². The van der Waals surface area contributed by atoms with Crippen LogP contribution in [0.5, 0.6) is 5.75 Å². The van der Waals surface area contributed by atoms with Gasteiger partial charge in [0, 0.05) is 5.56 Å². The molecule has 0 aliphatic carbocycles. The van der Waals surface area contributed by atoms with Gasteiger partial charge in [-0.1, -0.05) is 29.3 Å². The van der Waals surface area contributed by atoms with E-state index < -0.39 is 5.91 Å². The molecule has 2 aromatic rings. The highest BCUT2D eigenvalue weighted by Crippen LogP contribution is 2.35. The van der Waals surface area contributed by atoms with Gasteiger partial charge in [-0.15, -0.1) is 0 Å². The summed E-state index contributed by atoms with van der Waals surface area (Å²) in [5.41, 5.74) is 6.54. The van der Waals surface area contributed by atoms with Crippen molar-refractivity contribution in [2.45, 2.75) is 6.61 Å². The Kier molecular flexibility index (Phi) is 6.88. The molecule has 0 unspecified atom stereocenters. The van der Waals surface area contributed by atoms with Crippen LogP contribution in [0.2, 0.25) is 10.0 Å². The molecular weight excluding hydrogens is 503 g/mol. The predicted octanol–water partition coefficient (Wildman–Crippen LogP) is 5.07. The van der Waals surface area contributed by atoms with Crippen LogP contribution >= 0.6 is 67.3 Å². The van der Waals surface area contributed by atoms with Crippen LogP contribution in [0.4, 0.5) is 0 Å². The Morgan fingerprint density at radius 2 is 1.79 bits per heavy atom. The van der Waals surface area contributed by atoms with Gasteiger partial charge < -0.3 is 10.5 Å². The van der Waals surface area contributed by atoms with E-state index in [1.807, 2.05) is 6.07 Å². The van der Waals surface area contributed by atoms with Crippen molar-refractivity contribution in [3.05, 3.63) is 60.4 Å². The van der Waals surface area contributed by atoms with E-state index in [2.05, 4.69) is 49.4 Å². The molecule has 0 aliphatic rings. The number of rotatable bonds is 4. The Balaban J connectivity index is 2.17. The number of carbonyl (C=O) groups is 1. The first-order chi connectivity index (χ1) is 11.3. The summed E-state index contributed by atoms with van der Waals surface area (Å²) in [7, 11) is 0. The summed E-state index contributed by atoms with van der Waals surface area (Å²) in [5, 5.41) is 3.21. The van der Waals surface area contributed by atoms with E-state index in [4.69, 9.17) is 33.7 Å². The number of amides is 1. The first-order valence-corrected chi connectivity index (χ1v) is 9.19. The van der Waals surface area contributed by atoms with Gasteiger partial charge in [-0.25, -0.2) is 0 Å². The molecule has 0 spiro atoms. The maximum Gasteiger partial charge on any atom is 0.257 e. The van der Waals surface area contributed by atoms with Gasteiger partial charge in [0.1, 0.15) is 12.4 Å². The van der Waals surface area contributed by atoms with Crippen molar-refractivity contribution in [3.63, 3.8) is 0 Å². The SMILES string of the molecule is NC(=S)NC(=O)c1cc(Br)c(OCc2ccc(Cl)c(Cl)c2)c(Br)c1. The molecule has 9 heteroatoms. The minimum atomic E-state index is -0.403. The molecule has 126 valence electrons. The zero-order valence-corrected chi connectivity index (χ0v) is 17.4. The number of hydrogen-bond donors (Lipinski definition) is 2. The average Bonchev–Trinajstić information content (AvgIpc) is 2.49. The summed E-state index contributed by atoms with van der Waals surface area (Å²) in [6, 6.07) is 8.48. The van der Waals surface area contributed by atoms with E-state index in [0.29, 0.717) is 30.3 Å². The normalized spacial score (nSPS) is 10.3. The maximum absolute atomic E-state index is 11.9. The molecule has 4 nitrogen and oxygen atoms in total. The molecule has 0 heterocycles. The van der Waals surface area contributed by atoms with Gasteiger partial charge in [0.05, 0.1) is 19.0 Å². The van der Waals surface area contributed by atoms with E-state index in [9.17, 15) is 4.79 Å². The fourth-order valence-electron chi connectivity index (χ4n) is 1.80. The Bertz CT molecular complexity index is 795. The second kappa shape index (κ2) is 8.49. The summed E-state index contributed by atoms with van der Waals surface area (Å²) >= 11 is 23.3. The average molecular weight is 513 g/mol. The molecule has 0 radical (unpaired) electrons. The van der Waals surface area contributed by atoms with Gasteiger partial charge in [-0.3, -0.25) is 10.1 Å². The monoisotopic (exact) mass is 510 g/mol. The van der Waals surface area contributed by atoms with Gasteiger partial charge >= 0.3 is 0 Å². The van der Waals surface area contributed by atoms with Crippen LogP contribution < -0.4 is 15.8 Å². The Morgan fingerprint density at radius 3 is 2.33 bits per heavy atom. The first kappa shape index (κ1) is 19.5. The third-order valence-corrected chi connectivity index (χ3v) is 4.88. The van der Waals surface area contributed by atoms with Crippen molar-refractivity contribution in [1.82, 2.24) is 5.32 Å². The molecule has 0 aliphatic heterocycles. The molecule has 2 aromatic carbocycles. The molecule has 0 aromatic heterocycles. The van der Waals surface area contributed by atoms with Crippen molar-refractivity contribution >= 4 is 78.3 Å². The summed E-state index contributed by atoms with van der Waals surface area (Å²) in [6.45, 7) is 0.284. The quantitative estimate of drug-likeness (QED) is 0.561. The van der Waals surface area contributed by atoms with E-state index in [-0.39, 0.29) is 11.7 Å². The van der Waals surface area contributed by atoms with Crippen LogP contribution in [0.3, 0.4) is 0 Å². The van der Waals surface area contributed by atoms with Gasteiger partial charge in [0.2, 0.25) is 0 Å². The lowest BCUT2D eigenvalue weighted by atomic mass is 10.2. The molecule has 1 amide bonds. The Labute approximate surface area is 170 Å². The highest BCUT2D eigenvalue weighted by molar-refractivity contribution is 9.11. The second-order valence-corrected chi connectivity index (χ2v) is 7.59. The van der Waals surface area contributed by atoms with Gasteiger partial charge in [0.15, 0.2) is 5.11 Å². The highest BCUT2D eigenvalue weighted by atomic mass is 79.9. The standard InChI is InChI=1S/C15H10Br2Cl2N2O2S/c16-9-4-8(14(22)21-15(20)24)5-10(17)13(9)23-6-7-1-2-11(18)12(19)3-7/h1-5H,6H2,(H3,20,21,22,24). The maximum atomic E-state index is 11.9. The van der Waals surface area contributed by atoms with Gasteiger partial charge in [0.25, 0.3) is 5.91 Å². The first-order valence-electron chi connectivity index (χ1n) is 6.44. The van der Waals surface area contributed by atoms with E-state index in [0.717, 1.165) is 5.56 Å². The number of halogens is 4. The molecular formula is C15H10Br2Cl2N2O2S. The van der Waals surface area contributed by atoms with Crippen molar-refractivity contribution in [3.8, 4) is 5.75 Å². The number of benzene rings is 2. The van der Waals surface area contributed by atoms with Gasteiger partial charge in [-0.05, 0) is 73.9 Å². The predicted molar refractivity (Wildman–Crippen MR) is 107 cm³/mol. The van der Waals surface area contributed by atoms with E-state index in [1.54, 1.807) is 24.3 Å². The topological polar surface area (TPSA) is 64.3 Å². The summed E-state index contributed by atoms with van der Waals surface area (Å²) in [6.07, 6.45) is 0. The van der Waals surface area contributed by atoms with Crippen molar-refractivity contribution < 1.29 is 9.53 Å². The fraction of sp³-hybridized carbons (Fsp3) is 0.0667. The number of nitrogens with two attached hydrogens (primary N) is 1. The number of hydrogen-bond acceptors (Lipinski definition) is 3. The second-order valence-electron chi connectivity index (χ2n) is 4.62. The number of nitrogens with one attached hydrogen (secondary N) is 1. The third-order valence-electron chi connectivity index (χ3n) is 2.86. The molecule has 24 heavy (non-hydrogen) atoms. The number of carbonyl (C=O) groups excluding carboxylic acids is 1. The minimum Gasteiger partial charge on any atom is -0.487 e. The molecule has 0 saturated heterocycles. The lowest BCUT2D eigenvalue weighted by molar-refractivity contribution is 0.0977. The lowest BCUT2D eigenvalue weighted by Gasteiger charge is -2.12. The Hall–Kier alpha value is -0.860. The zero-order valence-electron chi connectivity index (χ0n) is 11.9. The molecule has 3 N–H and O–H groups in total. The Morgan fingerprint density at radius 1 is 1.17 bits per heavy atom. The van der Waals surface area contributed by atoms with Gasteiger partial charge in [-0.2, -0.15) is 0 Å². The summed E-state index contributed by atoms with van der Waals surface area (Å²) < 4.78 is 6.99. The third kappa shape index (κ3) is 5.07. The summed E-state index contributed by atoms with van der Waals surface area (Å²) in [5.74, 6) is 0.146. The molecule has 0 saturated carbocycles. The van der Waals surface area contributed by atoms with Crippen molar-refractivity contribution in [2.24, 2.45) is 5.73 Å². The zero-order chi connectivity index (χ0) is 17.9. The smallest absolute Gasteiger partial charge is 0.257 e. The van der Waals surface area contributed by atoms with Crippen LogP contribution in [-0.2, 0) is 6.61 Å². The van der Waals surface area contributed by atoms with E-state index >= 15 is 0 Å². The minimum absolute atomic E-state index is 0.0906. The largest absolute Gasteiger partial charge is 0.487 e. The highest BCUT2D eigenvalue weighted by Gasteiger charge is 2.14. The van der Waals surface area contributed by atoms with Crippen LogP contribution in [0, 0.1) is 0 Å². The number of thiocarbonyl (C=S) groups is 1. The van der Waals surface area contributed by atoms with Crippen molar-refractivity contribution in [1.29, 1.82) is 0 Å². The van der Waals surface area contributed by atoms with Crippen LogP contribution in [-0.4, -0.2) is 11.0 Å². The molecule has 0 fully saturated rings. The molecule has 2 rings (SSSR count). The van der Waals surface area contributed by atoms with Crippen molar-refractivity contribution in [2.75, 3.05) is 0 Å².